The van der Waals surface area contributed by atoms with Crippen LogP contribution in [-0.2, 0) is 0 Å². The summed E-state index contributed by atoms with van der Waals surface area (Å²) in [4.78, 5) is 12.1. The second-order valence-electron chi connectivity index (χ2n) is 4.25. The summed E-state index contributed by atoms with van der Waals surface area (Å²) in [6.07, 6.45) is 1.52. The van der Waals surface area contributed by atoms with Crippen molar-refractivity contribution < 1.29 is 4.79 Å². The first-order valence-corrected chi connectivity index (χ1v) is 6.89. The summed E-state index contributed by atoms with van der Waals surface area (Å²) in [6.45, 7) is 4.21. The highest BCUT2D eigenvalue weighted by atomic mass is 35.5. The average molecular weight is 293 g/mol. The number of halogens is 1. The Bertz CT molecular complexity index is 582. The Labute approximate surface area is 122 Å². The quantitative estimate of drug-likeness (QED) is 0.714. The number of nitrogens with one attached hydrogen (secondary N) is 3. The Kier molecular flexibility index (Phi) is 5.15. The van der Waals surface area contributed by atoms with E-state index in [1.807, 2.05) is 25.1 Å². The Morgan fingerprint density at radius 3 is 2.90 bits per heavy atom. The van der Waals surface area contributed by atoms with E-state index in [-0.39, 0.29) is 5.91 Å². The molecule has 3 N–H and O–H groups in total. The van der Waals surface area contributed by atoms with Gasteiger partial charge in [-0.05, 0) is 12.6 Å². The van der Waals surface area contributed by atoms with Gasteiger partial charge in [-0.15, -0.1) is 0 Å². The zero-order valence-electron chi connectivity index (χ0n) is 11.2. The number of aromatic amines is 1. The molecule has 0 aliphatic heterocycles. The third kappa shape index (κ3) is 3.37. The number of H-pyrrole nitrogens is 1. The van der Waals surface area contributed by atoms with Gasteiger partial charge in [0.1, 0.15) is 0 Å². The van der Waals surface area contributed by atoms with Crippen molar-refractivity contribution in [1.82, 2.24) is 20.8 Å². The van der Waals surface area contributed by atoms with Gasteiger partial charge in [0.05, 0.1) is 17.5 Å². The van der Waals surface area contributed by atoms with Crippen LogP contribution in [0.1, 0.15) is 17.3 Å². The van der Waals surface area contributed by atoms with E-state index in [0.717, 1.165) is 18.7 Å². The first kappa shape index (κ1) is 14.6. The topological polar surface area (TPSA) is 69.8 Å². The van der Waals surface area contributed by atoms with Crippen LogP contribution in [0.25, 0.3) is 11.3 Å². The molecular formula is C14H17ClN4O. The van der Waals surface area contributed by atoms with Gasteiger partial charge in [0.25, 0.3) is 5.91 Å². The molecular weight excluding hydrogens is 276 g/mol. The fourth-order valence-electron chi connectivity index (χ4n) is 1.86. The predicted octanol–water partition coefficient (Wildman–Crippen LogP) is 2.07. The van der Waals surface area contributed by atoms with Crippen LogP contribution in [0.5, 0.6) is 0 Å². The molecule has 1 heterocycles. The monoisotopic (exact) mass is 292 g/mol. The highest BCUT2D eigenvalue weighted by Crippen LogP contribution is 2.28. The lowest BCUT2D eigenvalue weighted by Gasteiger charge is -2.07. The Morgan fingerprint density at radius 2 is 2.15 bits per heavy atom. The number of carbonyl (C=O) groups is 1. The van der Waals surface area contributed by atoms with Crippen LogP contribution >= 0.6 is 11.6 Å². The molecule has 0 spiro atoms. The van der Waals surface area contributed by atoms with E-state index >= 15 is 0 Å². The molecule has 2 aromatic rings. The van der Waals surface area contributed by atoms with Crippen LogP contribution in [-0.4, -0.2) is 35.7 Å². The minimum absolute atomic E-state index is 0.161. The SMILES string of the molecule is CCNCCNC(=O)c1cn[nH]c1-c1ccccc1Cl. The van der Waals surface area contributed by atoms with Crippen LogP contribution in [0.15, 0.2) is 30.5 Å². The molecule has 0 bridgehead atoms. The maximum atomic E-state index is 12.1. The second kappa shape index (κ2) is 7.07. The van der Waals surface area contributed by atoms with E-state index in [4.69, 9.17) is 11.6 Å². The molecule has 0 aliphatic rings. The number of benzene rings is 1. The maximum Gasteiger partial charge on any atom is 0.255 e. The van der Waals surface area contributed by atoms with Crippen LogP contribution in [0.4, 0.5) is 0 Å². The first-order chi connectivity index (χ1) is 9.74. The van der Waals surface area contributed by atoms with Crippen molar-refractivity contribution in [3.63, 3.8) is 0 Å². The molecule has 106 valence electrons. The number of likely N-dealkylation sites (N-methyl/N-ethyl adjacent to an activating group) is 1. The van der Waals surface area contributed by atoms with Crippen molar-refractivity contribution >= 4 is 17.5 Å². The fraction of sp³-hybridized carbons (Fsp3) is 0.286. The Balaban J connectivity index is 2.13. The summed E-state index contributed by atoms with van der Waals surface area (Å²) in [7, 11) is 0. The average Bonchev–Trinajstić information content (AvgIpc) is 2.93. The highest BCUT2D eigenvalue weighted by Gasteiger charge is 2.16. The van der Waals surface area contributed by atoms with Gasteiger partial charge in [-0.1, -0.05) is 36.7 Å². The summed E-state index contributed by atoms with van der Waals surface area (Å²) in [5.74, 6) is -0.161. The molecule has 0 saturated carbocycles. The van der Waals surface area contributed by atoms with Crippen molar-refractivity contribution in [2.75, 3.05) is 19.6 Å². The third-order valence-electron chi connectivity index (χ3n) is 2.86. The molecule has 0 aliphatic carbocycles. The summed E-state index contributed by atoms with van der Waals surface area (Å²) >= 11 is 6.15. The molecule has 1 amide bonds. The smallest absolute Gasteiger partial charge is 0.255 e. The third-order valence-corrected chi connectivity index (χ3v) is 3.19. The Morgan fingerprint density at radius 1 is 1.35 bits per heavy atom. The van der Waals surface area contributed by atoms with Gasteiger partial charge in [0.15, 0.2) is 0 Å². The first-order valence-electron chi connectivity index (χ1n) is 6.51. The van der Waals surface area contributed by atoms with Gasteiger partial charge >= 0.3 is 0 Å². The van der Waals surface area contributed by atoms with E-state index < -0.39 is 0 Å². The standard InChI is InChI=1S/C14H17ClN4O/c1-2-16-7-8-17-14(20)11-9-18-19-13(11)10-5-3-4-6-12(10)15/h3-6,9,16H,2,7-8H2,1H3,(H,17,20)(H,18,19). The molecule has 0 atom stereocenters. The largest absolute Gasteiger partial charge is 0.351 e. The van der Waals surface area contributed by atoms with Gasteiger partial charge in [0, 0.05) is 23.7 Å². The molecule has 0 unspecified atom stereocenters. The van der Waals surface area contributed by atoms with E-state index in [2.05, 4.69) is 20.8 Å². The number of hydrogen-bond acceptors (Lipinski definition) is 3. The highest BCUT2D eigenvalue weighted by molar-refractivity contribution is 6.33. The summed E-state index contributed by atoms with van der Waals surface area (Å²) < 4.78 is 0. The molecule has 2 rings (SSSR count). The minimum atomic E-state index is -0.161. The molecule has 5 nitrogen and oxygen atoms in total. The minimum Gasteiger partial charge on any atom is -0.351 e. The van der Waals surface area contributed by atoms with E-state index in [0.29, 0.717) is 22.8 Å². The fourth-order valence-corrected chi connectivity index (χ4v) is 2.09. The van der Waals surface area contributed by atoms with Crippen LogP contribution in [0.3, 0.4) is 0 Å². The van der Waals surface area contributed by atoms with E-state index in [1.165, 1.54) is 6.20 Å². The lowest BCUT2D eigenvalue weighted by atomic mass is 10.1. The van der Waals surface area contributed by atoms with Crippen molar-refractivity contribution in [1.29, 1.82) is 0 Å². The van der Waals surface area contributed by atoms with Gasteiger partial charge in [-0.3, -0.25) is 9.89 Å². The molecule has 1 aromatic heterocycles. The Hall–Kier alpha value is -1.85. The number of rotatable bonds is 6. The number of carbonyl (C=O) groups excluding carboxylic acids is 1. The summed E-state index contributed by atoms with van der Waals surface area (Å²) in [5, 5.41) is 13.4. The van der Waals surface area contributed by atoms with Crippen molar-refractivity contribution in [2.45, 2.75) is 6.92 Å². The second-order valence-corrected chi connectivity index (χ2v) is 4.66. The lowest BCUT2D eigenvalue weighted by molar-refractivity contribution is 0.0954. The van der Waals surface area contributed by atoms with Crippen LogP contribution < -0.4 is 10.6 Å². The van der Waals surface area contributed by atoms with Gasteiger partial charge in [-0.25, -0.2) is 0 Å². The number of amides is 1. The number of hydrogen-bond donors (Lipinski definition) is 3. The van der Waals surface area contributed by atoms with E-state index in [1.54, 1.807) is 6.07 Å². The van der Waals surface area contributed by atoms with Gasteiger partial charge < -0.3 is 10.6 Å². The van der Waals surface area contributed by atoms with Crippen molar-refractivity contribution in [3.05, 3.63) is 41.0 Å². The molecule has 1 aromatic carbocycles. The molecule has 0 radical (unpaired) electrons. The summed E-state index contributed by atoms with van der Waals surface area (Å²) in [5.41, 5.74) is 1.90. The zero-order valence-corrected chi connectivity index (χ0v) is 12.0. The predicted molar refractivity (Wildman–Crippen MR) is 79.9 cm³/mol. The summed E-state index contributed by atoms with van der Waals surface area (Å²) in [6, 6.07) is 7.35. The normalized spacial score (nSPS) is 10.5. The lowest BCUT2D eigenvalue weighted by Crippen LogP contribution is -2.31. The number of nitrogens with zero attached hydrogens (tertiary/aromatic N) is 1. The maximum absolute atomic E-state index is 12.1. The van der Waals surface area contributed by atoms with Crippen LogP contribution in [0.2, 0.25) is 5.02 Å². The van der Waals surface area contributed by atoms with Gasteiger partial charge in [-0.2, -0.15) is 5.10 Å². The molecule has 0 saturated heterocycles. The number of aromatic nitrogens is 2. The van der Waals surface area contributed by atoms with E-state index in [9.17, 15) is 4.79 Å². The van der Waals surface area contributed by atoms with Crippen molar-refractivity contribution in [2.24, 2.45) is 0 Å². The molecule has 0 fully saturated rings. The molecule has 6 heteroatoms. The van der Waals surface area contributed by atoms with Crippen molar-refractivity contribution in [3.8, 4) is 11.3 Å². The zero-order chi connectivity index (χ0) is 14.4. The molecule has 20 heavy (non-hydrogen) atoms. The van der Waals surface area contributed by atoms with Gasteiger partial charge in [0.2, 0.25) is 0 Å². The van der Waals surface area contributed by atoms with Crippen LogP contribution in [0, 0.1) is 0 Å².